The van der Waals surface area contributed by atoms with Gasteiger partial charge in [-0.25, -0.2) is 0 Å². The maximum absolute atomic E-state index is 11.2. The van der Waals surface area contributed by atoms with Gasteiger partial charge >= 0.3 is 0 Å². The molecule has 0 N–H and O–H groups in total. The zero-order valence-electron chi connectivity index (χ0n) is 9.99. The second-order valence-corrected chi connectivity index (χ2v) is 4.95. The van der Waals surface area contributed by atoms with Crippen LogP contribution in [0.25, 0.3) is 0 Å². The van der Waals surface area contributed by atoms with Gasteiger partial charge in [0.1, 0.15) is 0 Å². The fourth-order valence-electron chi connectivity index (χ4n) is 1.25. The average molecular weight is 182 g/mol. The Kier molecular flexibility index (Phi) is 3.89. The topological polar surface area (TPSA) is 17.1 Å². The lowest BCUT2D eigenvalue weighted by Gasteiger charge is -2.29. The van der Waals surface area contributed by atoms with Gasteiger partial charge in [0.15, 0.2) is 5.78 Å². The van der Waals surface area contributed by atoms with E-state index in [4.69, 9.17) is 0 Å². The molecule has 0 spiro atoms. The predicted molar refractivity (Wildman–Crippen MR) is 57.7 cm³/mol. The van der Waals surface area contributed by atoms with E-state index in [1.54, 1.807) is 6.92 Å². The summed E-state index contributed by atoms with van der Waals surface area (Å²) in [7, 11) is 0. The van der Waals surface area contributed by atoms with Crippen molar-refractivity contribution in [2.24, 2.45) is 11.3 Å². The molecule has 0 saturated carbocycles. The van der Waals surface area contributed by atoms with Gasteiger partial charge in [0.25, 0.3) is 0 Å². The van der Waals surface area contributed by atoms with Crippen LogP contribution in [0.4, 0.5) is 0 Å². The molecular weight excluding hydrogens is 160 g/mol. The summed E-state index contributed by atoms with van der Waals surface area (Å²) in [5, 5.41) is 0. The van der Waals surface area contributed by atoms with Crippen LogP contribution in [-0.2, 0) is 4.79 Å². The third kappa shape index (κ3) is 3.33. The number of carbonyl (C=O) groups is 1. The number of Topliss-reactive ketones (excluding diaryl/α,β-unsaturated/α-hetero) is 1. The molecule has 0 bridgehead atoms. The van der Waals surface area contributed by atoms with Crippen molar-refractivity contribution in [1.82, 2.24) is 0 Å². The molecule has 0 radical (unpaired) electrons. The molecule has 1 heteroatoms. The Labute approximate surface area is 82.2 Å². The van der Waals surface area contributed by atoms with E-state index in [9.17, 15) is 4.79 Å². The molecule has 0 aliphatic rings. The van der Waals surface area contributed by atoms with E-state index >= 15 is 0 Å². The fourth-order valence-corrected chi connectivity index (χ4v) is 1.25. The van der Waals surface area contributed by atoms with Crippen molar-refractivity contribution in [2.75, 3.05) is 0 Å². The SMILES string of the molecule is CC(=O)/C(C)=C(\C)[C@H](C)C(C)(C)C. The number of hydrogen-bond acceptors (Lipinski definition) is 1. The first-order valence-corrected chi connectivity index (χ1v) is 4.86. The smallest absolute Gasteiger partial charge is 0.155 e. The summed E-state index contributed by atoms with van der Waals surface area (Å²) in [4.78, 5) is 11.2. The monoisotopic (exact) mass is 182 g/mol. The Morgan fingerprint density at radius 1 is 1.08 bits per heavy atom. The first-order chi connectivity index (χ1) is 5.68. The average Bonchev–Trinajstić information content (AvgIpc) is 1.98. The zero-order chi connectivity index (χ0) is 10.8. The van der Waals surface area contributed by atoms with Crippen LogP contribution in [0.15, 0.2) is 11.1 Å². The summed E-state index contributed by atoms with van der Waals surface area (Å²) in [6, 6.07) is 0. The molecule has 1 atom stereocenters. The van der Waals surface area contributed by atoms with Crippen LogP contribution in [0.1, 0.15) is 48.5 Å². The van der Waals surface area contributed by atoms with Gasteiger partial charge in [-0.3, -0.25) is 4.79 Å². The zero-order valence-corrected chi connectivity index (χ0v) is 9.99. The fraction of sp³-hybridized carbons (Fsp3) is 0.750. The molecule has 0 fully saturated rings. The Morgan fingerprint density at radius 3 is 1.69 bits per heavy atom. The lowest BCUT2D eigenvalue weighted by Crippen LogP contribution is -2.20. The van der Waals surface area contributed by atoms with E-state index < -0.39 is 0 Å². The normalized spacial score (nSPS) is 16.5. The van der Waals surface area contributed by atoms with Gasteiger partial charge < -0.3 is 0 Å². The molecule has 0 aliphatic carbocycles. The minimum atomic E-state index is 0.189. The largest absolute Gasteiger partial charge is 0.295 e. The number of hydrogen-bond donors (Lipinski definition) is 0. The van der Waals surface area contributed by atoms with Crippen molar-refractivity contribution in [3.63, 3.8) is 0 Å². The third-order valence-corrected chi connectivity index (χ3v) is 3.07. The molecule has 0 aromatic heterocycles. The summed E-state index contributed by atoms with van der Waals surface area (Å²) in [6.07, 6.45) is 0. The number of ketones is 1. The van der Waals surface area contributed by atoms with Gasteiger partial charge in [-0.05, 0) is 37.7 Å². The third-order valence-electron chi connectivity index (χ3n) is 3.07. The highest BCUT2D eigenvalue weighted by atomic mass is 16.1. The van der Waals surface area contributed by atoms with Crippen molar-refractivity contribution in [3.8, 4) is 0 Å². The standard InChI is InChI=1S/C12H22O/c1-8(9(2)11(4)13)10(3)12(5,6)7/h10H,1-7H3/b9-8+/t10-/m0/s1. The summed E-state index contributed by atoms with van der Waals surface area (Å²) >= 11 is 0. The molecule has 0 rings (SSSR count). The van der Waals surface area contributed by atoms with Crippen molar-refractivity contribution in [3.05, 3.63) is 11.1 Å². The summed E-state index contributed by atoms with van der Waals surface area (Å²) < 4.78 is 0. The Balaban J connectivity index is 4.89. The first-order valence-electron chi connectivity index (χ1n) is 4.86. The molecule has 76 valence electrons. The number of allylic oxidation sites excluding steroid dienone is 2. The second kappa shape index (κ2) is 4.08. The van der Waals surface area contributed by atoms with Gasteiger partial charge in [-0.2, -0.15) is 0 Å². The minimum absolute atomic E-state index is 0.189. The van der Waals surface area contributed by atoms with Gasteiger partial charge in [0.05, 0.1) is 0 Å². The van der Waals surface area contributed by atoms with Crippen LogP contribution in [-0.4, -0.2) is 5.78 Å². The molecule has 13 heavy (non-hydrogen) atoms. The van der Waals surface area contributed by atoms with E-state index in [-0.39, 0.29) is 11.2 Å². The highest BCUT2D eigenvalue weighted by molar-refractivity contribution is 5.93. The summed E-state index contributed by atoms with van der Waals surface area (Å²) in [6.45, 7) is 14.4. The summed E-state index contributed by atoms with van der Waals surface area (Å²) in [5.41, 5.74) is 2.38. The van der Waals surface area contributed by atoms with Crippen molar-refractivity contribution >= 4 is 5.78 Å². The molecular formula is C12H22O. The van der Waals surface area contributed by atoms with E-state index in [2.05, 4.69) is 34.6 Å². The van der Waals surface area contributed by atoms with Crippen LogP contribution >= 0.6 is 0 Å². The number of carbonyl (C=O) groups excluding carboxylic acids is 1. The first kappa shape index (κ1) is 12.4. The summed E-state index contributed by atoms with van der Waals surface area (Å²) in [5.74, 6) is 0.644. The van der Waals surface area contributed by atoms with E-state index in [0.29, 0.717) is 5.92 Å². The van der Waals surface area contributed by atoms with Crippen LogP contribution < -0.4 is 0 Å². The second-order valence-electron chi connectivity index (χ2n) is 4.95. The molecule has 0 aromatic rings. The van der Waals surface area contributed by atoms with Crippen molar-refractivity contribution in [1.29, 1.82) is 0 Å². The maximum atomic E-state index is 11.2. The van der Waals surface area contributed by atoms with Crippen LogP contribution in [0.5, 0.6) is 0 Å². The highest BCUT2D eigenvalue weighted by Crippen LogP contribution is 2.32. The van der Waals surface area contributed by atoms with Gasteiger partial charge in [-0.1, -0.05) is 33.3 Å². The minimum Gasteiger partial charge on any atom is -0.295 e. The predicted octanol–water partition coefficient (Wildman–Crippen LogP) is 3.59. The Bertz CT molecular complexity index is 228. The molecule has 0 aromatic carbocycles. The van der Waals surface area contributed by atoms with Gasteiger partial charge in [-0.15, -0.1) is 0 Å². The molecule has 0 amide bonds. The maximum Gasteiger partial charge on any atom is 0.155 e. The molecule has 0 unspecified atom stereocenters. The van der Waals surface area contributed by atoms with Crippen LogP contribution in [0, 0.1) is 11.3 Å². The highest BCUT2D eigenvalue weighted by Gasteiger charge is 2.23. The Morgan fingerprint density at radius 2 is 1.46 bits per heavy atom. The molecule has 1 nitrogen and oxygen atoms in total. The van der Waals surface area contributed by atoms with Gasteiger partial charge in [0, 0.05) is 0 Å². The van der Waals surface area contributed by atoms with Crippen molar-refractivity contribution < 1.29 is 4.79 Å². The van der Waals surface area contributed by atoms with E-state index in [1.165, 1.54) is 5.57 Å². The van der Waals surface area contributed by atoms with Crippen molar-refractivity contribution in [2.45, 2.75) is 48.5 Å². The van der Waals surface area contributed by atoms with E-state index in [1.807, 2.05) is 6.92 Å². The molecule has 0 heterocycles. The Hall–Kier alpha value is -0.590. The lowest BCUT2D eigenvalue weighted by atomic mass is 9.76. The van der Waals surface area contributed by atoms with Crippen LogP contribution in [0.2, 0.25) is 0 Å². The molecule has 0 saturated heterocycles. The van der Waals surface area contributed by atoms with Crippen LogP contribution in [0.3, 0.4) is 0 Å². The molecule has 0 aliphatic heterocycles. The number of rotatable bonds is 2. The van der Waals surface area contributed by atoms with E-state index in [0.717, 1.165) is 5.57 Å². The lowest BCUT2D eigenvalue weighted by molar-refractivity contribution is -0.113. The van der Waals surface area contributed by atoms with Gasteiger partial charge in [0.2, 0.25) is 0 Å². The quantitative estimate of drug-likeness (QED) is 0.596.